The maximum atomic E-state index is 2.49. The number of benzene rings is 8. The zero-order valence-electron chi connectivity index (χ0n) is 29.1. The molecule has 12 rings (SSSR count). The summed E-state index contributed by atoms with van der Waals surface area (Å²) in [5, 5.41) is 6.29. The van der Waals surface area contributed by atoms with E-state index >= 15 is 0 Å². The molecule has 0 spiro atoms. The molecule has 0 saturated heterocycles. The Bertz CT molecular complexity index is 3210. The van der Waals surface area contributed by atoms with E-state index in [-0.39, 0.29) is 0 Å². The first-order chi connectivity index (χ1) is 26.8. The highest BCUT2D eigenvalue weighted by atomic mass is 32.1. The van der Waals surface area contributed by atoms with Crippen LogP contribution in [0.25, 0.3) is 103 Å². The summed E-state index contributed by atoms with van der Waals surface area (Å²) in [6.45, 7) is 0. The van der Waals surface area contributed by atoms with Gasteiger partial charge in [-0.15, -0.1) is 11.3 Å². The van der Waals surface area contributed by atoms with Crippen molar-refractivity contribution in [3.05, 3.63) is 188 Å². The molecule has 12 aromatic rings. The molecule has 0 N–H and O–H groups in total. The first-order valence-corrected chi connectivity index (χ1v) is 19.3. The normalized spacial score (nSPS) is 12.1. The average molecular weight is 706 g/mol. The predicted molar refractivity (Wildman–Crippen MR) is 230 cm³/mol. The van der Waals surface area contributed by atoms with Gasteiger partial charge in [0, 0.05) is 43.9 Å². The van der Waals surface area contributed by atoms with Crippen molar-refractivity contribution in [2.75, 3.05) is 0 Å². The van der Waals surface area contributed by atoms with Gasteiger partial charge in [0.2, 0.25) is 0 Å². The molecule has 0 bridgehead atoms. The van der Waals surface area contributed by atoms with E-state index in [1.807, 2.05) is 11.3 Å². The molecule has 54 heavy (non-hydrogen) atoms. The second kappa shape index (κ2) is 11.3. The van der Waals surface area contributed by atoms with Gasteiger partial charge >= 0.3 is 0 Å². The minimum absolute atomic E-state index is 1.13. The van der Waals surface area contributed by atoms with Crippen LogP contribution in [0.15, 0.2) is 188 Å². The lowest BCUT2D eigenvalue weighted by Gasteiger charge is -2.16. The molecule has 8 aromatic carbocycles. The summed E-state index contributed by atoms with van der Waals surface area (Å²) in [5.74, 6) is 0. The molecule has 0 fully saturated rings. The molecule has 252 valence electrons. The van der Waals surface area contributed by atoms with Crippen LogP contribution in [0.4, 0.5) is 0 Å². The molecular weight excluding hydrogens is 675 g/mol. The Morgan fingerprint density at radius 2 is 0.815 bits per heavy atom. The SMILES string of the molecule is c1ccc(-c2cccc3c2c(-c2cc(-n4c5ccccc5c5ccccc54)cc(-n4c5ccccc5c5ccccc54)c2)c2sc4ccccc4n23)cc1. The molecule has 0 aliphatic rings. The van der Waals surface area contributed by atoms with Crippen LogP contribution in [0.1, 0.15) is 0 Å². The monoisotopic (exact) mass is 705 g/mol. The third-order valence-electron chi connectivity index (χ3n) is 11.2. The van der Waals surface area contributed by atoms with Crippen molar-refractivity contribution in [2.24, 2.45) is 0 Å². The minimum atomic E-state index is 1.13. The van der Waals surface area contributed by atoms with Crippen LogP contribution in [-0.4, -0.2) is 13.5 Å². The van der Waals surface area contributed by atoms with Crippen molar-refractivity contribution >= 4 is 80.9 Å². The van der Waals surface area contributed by atoms with Gasteiger partial charge in [0.25, 0.3) is 0 Å². The minimum Gasteiger partial charge on any atom is -0.309 e. The van der Waals surface area contributed by atoms with Crippen LogP contribution in [0.5, 0.6) is 0 Å². The van der Waals surface area contributed by atoms with E-state index in [4.69, 9.17) is 0 Å². The van der Waals surface area contributed by atoms with Gasteiger partial charge in [-0.1, -0.05) is 127 Å². The lowest BCUT2D eigenvalue weighted by molar-refractivity contribution is 1.14. The molecule has 0 aliphatic carbocycles. The number of hydrogen-bond donors (Lipinski definition) is 0. The van der Waals surface area contributed by atoms with Crippen LogP contribution in [-0.2, 0) is 0 Å². The highest BCUT2D eigenvalue weighted by molar-refractivity contribution is 7.24. The molecule has 0 amide bonds. The van der Waals surface area contributed by atoms with E-state index < -0.39 is 0 Å². The van der Waals surface area contributed by atoms with Crippen molar-refractivity contribution < 1.29 is 0 Å². The topological polar surface area (TPSA) is 14.3 Å². The van der Waals surface area contributed by atoms with Crippen LogP contribution in [0.3, 0.4) is 0 Å². The van der Waals surface area contributed by atoms with Crippen LogP contribution < -0.4 is 0 Å². The molecule has 0 saturated carbocycles. The Morgan fingerprint density at radius 1 is 0.352 bits per heavy atom. The van der Waals surface area contributed by atoms with Gasteiger partial charge in [0.05, 0.1) is 37.8 Å². The highest BCUT2D eigenvalue weighted by Crippen LogP contribution is 2.47. The summed E-state index contributed by atoms with van der Waals surface area (Å²) in [4.78, 5) is 1.25. The van der Waals surface area contributed by atoms with Gasteiger partial charge in [-0.25, -0.2) is 0 Å². The van der Waals surface area contributed by atoms with Crippen molar-refractivity contribution in [2.45, 2.75) is 0 Å². The first kappa shape index (κ1) is 29.7. The molecule has 0 unspecified atom stereocenters. The number of aromatic nitrogens is 3. The maximum absolute atomic E-state index is 2.49. The molecular formula is C50H31N3S. The number of rotatable bonds is 4. The Kier molecular flexibility index (Phi) is 6.21. The standard InChI is InChI=1S/C50H31N3S/c1-2-15-32(16-3-1)36-21-14-27-46-49(36)48(50-53(46)45-26-12-13-28-47(45)54-50)33-29-34(51-41-22-8-4-17-37(41)38-18-5-9-23-42(38)51)31-35(30-33)52-43-24-10-6-19-39(43)40-20-7-11-25-44(40)52/h1-31H. The Morgan fingerprint density at radius 3 is 1.37 bits per heavy atom. The maximum Gasteiger partial charge on any atom is 0.109 e. The van der Waals surface area contributed by atoms with Gasteiger partial charge in [-0.05, 0) is 77.4 Å². The summed E-state index contributed by atoms with van der Waals surface area (Å²) in [5.41, 5.74) is 14.4. The fraction of sp³-hybridized carbons (Fsp3) is 0. The van der Waals surface area contributed by atoms with Gasteiger partial charge < -0.3 is 9.13 Å². The number of thiazole rings is 1. The Balaban J connectivity index is 1.28. The fourth-order valence-electron chi connectivity index (χ4n) is 9.01. The smallest absolute Gasteiger partial charge is 0.109 e. The van der Waals surface area contributed by atoms with Crippen molar-refractivity contribution in [1.82, 2.24) is 13.5 Å². The van der Waals surface area contributed by atoms with E-state index in [1.54, 1.807) is 0 Å². The van der Waals surface area contributed by atoms with Crippen LogP contribution in [0.2, 0.25) is 0 Å². The average Bonchev–Trinajstić information content (AvgIpc) is 3.97. The lowest BCUT2D eigenvalue weighted by Crippen LogP contribution is -2.00. The fourth-order valence-corrected chi connectivity index (χ4v) is 10.2. The number of nitrogens with zero attached hydrogens (tertiary/aromatic N) is 3. The summed E-state index contributed by atoms with van der Waals surface area (Å²) >= 11 is 1.88. The number of hydrogen-bond acceptors (Lipinski definition) is 1. The first-order valence-electron chi connectivity index (χ1n) is 18.4. The Hall–Kier alpha value is -6.88. The Labute approximate surface area is 314 Å². The summed E-state index contributed by atoms with van der Waals surface area (Å²) in [6, 6.07) is 69.0. The third kappa shape index (κ3) is 4.11. The quantitative estimate of drug-likeness (QED) is 0.173. The van der Waals surface area contributed by atoms with Crippen LogP contribution in [0, 0.1) is 0 Å². The molecule has 3 nitrogen and oxygen atoms in total. The van der Waals surface area contributed by atoms with Gasteiger partial charge in [0.15, 0.2) is 0 Å². The lowest BCUT2D eigenvalue weighted by atomic mass is 9.95. The van der Waals surface area contributed by atoms with E-state index in [0.717, 1.165) is 11.4 Å². The zero-order chi connectivity index (χ0) is 35.3. The number of fused-ring (bicyclic) bond motifs is 11. The highest BCUT2D eigenvalue weighted by Gasteiger charge is 2.24. The molecule has 0 radical (unpaired) electrons. The second-order valence-corrected chi connectivity index (χ2v) is 15.2. The van der Waals surface area contributed by atoms with Gasteiger partial charge in [-0.3, -0.25) is 4.40 Å². The van der Waals surface area contributed by atoms with E-state index in [9.17, 15) is 0 Å². The largest absolute Gasteiger partial charge is 0.309 e. The van der Waals surface area contributed by atoms with E-state index in [1.165, 1.54) is 91.8 Å². The summed E-state index contributed by atoms with van der Waals surface area (Å²) in [7, 11) is 0. The predicted octanol–water partition coefficient (Wildman–Crippen LogP) is 13.8. The van der Waals surface area contributed by atoms with E-state index in [0.29, 0.717) is 0 Å². The molecule has 4 heterocycles. The summed E-state index contributed by atoms with van der Waals surface area (Å²) < 4.78 is 8.69. The van der Waals surface area contributed by atoms with Crippen LogP contribution >= 0.6 is 11.3 Å². The molecule has 0 aliphatic heterocycles. The third-order valence-corrected chi connectivity index (χ3v) is 12.4. The molecule has 4 aromatic heterocycles. The molecule has 4 heteroatoms. The number of para-hydroxylation sites is 5. The van der Waals surface area contributed by atoms with Gasteiger partial charge in [0.1, 0.15) is 4.83 Å². The van der Waals surface area contributed by atoms with Crippen molar-refractivity contribution in [1.29, 1.82) is 0 Å². The summed E-state index contributed by atoms with van der Waals surface area (Å²) in [6.07, 6.45) is 0. The second-order valence-electron chi connectivity index (χ2n) is 14.1. The molecule has 0 atom stereocenters. The van der Waals surface area contributed by atoms with E-state index in [2.05, 4.69) is 202 Å². The van der Waals surface area contributed by atoms with Gasteiger partial charge in [-0.2, -0.15) is 0 Å². The van der Waals surface area contributed by atoms with Crippen molar-refractivity contribution in [3.63, 3.8) is 0 Å². The zero-order valence-corrected chi connectivity index (χ0v) is 30.0. The van der Waals surface area contributed by atoms with Crippen molar-refractivity contribution in [3.8, 4) is 33.6 Å².